The molecule has 0 aromatic carbocycles. The molecule has 13 heteroatoms. The van der Waals surface area contributed by atoms with E-state index in [0.29, 0.717) is 28.2 Å². The number of hydrogen-bond acceptors (Lipinski definition) is 7. The molecule has 0 amide bonds. The van der Waals surface area contributed by atoms with Crippen LogP contribution in [0.3, 0.4) is 0 Å². The van der Waals surface area contributed by atoms with Crippen molar-refractivity contribution in [1.82, 2.24) is 15.3 Å². The van der Waals surface area contributed by atoms with Crippen LogP contribution in [0.25, 0.3) is 0 Å². The van der Waals surface area contributed by atoms with Crippen LogP contribution in [-0.4, -0.2) is 43.6 Å². The molecule has 8 nitrogen and oxygen atoms in total. The Morgan fingerprint density at radius 1 is 1.53 bits per heavy atom. The van der Waals surface area contributed by atoms with Crippen molar-refractivity contribution in [3.8, 4) is 0 Å². The first-order chi connectivity index (χ1) is 14.4. The fourth-order valence-electron chi connectivity index (χ4n) is 2.61. The number of nitrogens with one attached hydrogen (secondary N) is 2. The number of allylic oxidation sites excluding steroid dienone is 1. The van der Waals surface area contributed by atoms with E-state index in [1.807, 2.05) is 0 Å². The zero-order valence-electron chi connectivity index (χ0n) is 15.8. The highest BCUT2D eigenvalue weighted by Gasteiger charge is 2.17. The molecule has 3 rings (SSSR count). The van der Waals surface area contributed by atoms with Crippen LogP contribution in [0.4, 0.5) is 0 Å². The van der Waals surface area contributed by atoms with E-state index in [2.05, 4.69) is 26.8 Å². The minimum Gasteiger partial charge on any atom is -0.376 e. The van der Waals surface area contributed by atoms with Crippen molar-refractivity contribution in [2.75, 3.05) is 13.2 Å². The Labute approximate surface area is 193 Å². The molecule has 162 valence electrons. The van der Waals surface area contributed by atoms with Gasteiger partial charge in [0.1, 0.15) is 9.36 Å². The highest BCUT2D eigenvalue weighted by atomic mass is 35.5. The normalized spacial score (nSPS) is 17.5. The van der Waals surface area contributed by atoms with Gasteiger partial charge >= 0.3 is 0 Å². The Balaban J connectivity index is 1.74. The van der Waals surface area contributed by atoms with E-state index >= 15 is 0 Å². The summed E-state index contributed by atoms with van der Waals surface area (Å²) in [6, 6.07) is 3.17. The van der Waals surface area contributed by atoms with Crippen molar-refractivity contribution in [2.24, 2.45) is 9.50 Å². The molecule has 0 bridgehead atoms. The number of aromatic nitrogens is 1. The minimum absolute atomic E-state index is 0.160. The number of hydrazone groups is 1. The highest BCUT2D eigenvalue weighted by molar-refractivity contribution is 7.92. The number of nitrogens with zero attached hydrogens (tertiary/aromatic N) is 3. The third-order valence-electron chi connectivity index (χ3n) is 3.99. The van der Waals surface area contributed by atoms with Crippen LogP contribution >= 0.6 is 46.5 Å². The predicted octanol–water partition coefficient (Wildman–Crippen LogP) is 2.72. The van der Waals surface area contributed by atoms with Crippen LogP contribution in [0, 0.1) is 0 Å². The van der Waals surface area contributed by atoms with Crippen LogP contribution in [0.15, 0.2) is 43.9 Å². The molecular weight excluding hydrogens is 486 g/mol. The second-order valence-electron chi connectivity index (χ2n) is 6.15. The quantitative estimate of drug-likeness (QED) is 0.248. The fourth-order valence-corrected chi connectivity index (χ4v) is 6.18. The molecule has 1 atom stereocenters. The van der Waals surface area contributed by atoms with Gasteiger partial charge in [0.05, 0.1) is 17.2 Å². The lowest BCUT2D eigenvalue weighted by Gasteiger charge is -2.11. The minimum atomic E-state index is -3.83. The van der Waals surface area contributed by atoms with Crippen LogP contribution in [0.5, 0.6) is 0 Å². The second-order valence-corrected chi connectivity index (χ2v) is 10.7. The maximum Gasteiger partial charge on any atom is 0.294 e. The van der Waals surface area contributed by atoms with E-state index in [9.17, 15) is 8.42 Å². The van der Waals surface area contributed by atoms with Crippen molar-refractivity contribution in [1.29, 1.82) is 0 Å². The van der Waals surface area contributed by atoms with Gasteiger partial charge in [-0.3, -0.25) is 5.43 Å². The van der Waals surface area contributed by atoms with Gasteiger partial charge in [0.2, 0.25) is 4.80 Å². The lowest BCUT2D eigenvalue weighted by molar-refractivity contribution is 0.114. The van der Waals surface area contributed by atoms with Gasteiger partial charge in [-0.05, 0) is 36.5 Å². The Kier molecular flexibility index (Phi) is 8.20. The van der Waals surface area contributed by atoms with Crippen molar-refractivity contribution in [2.45, 2.75) is 29.7 Å². The van der Waals surface area contributed by atoms with Gasteiger partial charge in [0, 0.05) is 19.7 Å². The van der Waals surface area contributed by atoms with Crippen LogP contribution in [-0.2, 0) is 21.3 Å². The van der Waals surface area contributed by atoms with Gasteiger partial charge < -0.3 is 14.6 Å². The van der Waals surface area contributed by atoms with Crippen molar-refractivity contribution < 1.29 is 13.2 Å². The zero-order chi connectivity index (χ0) is 21.6. The average molecular weight is 506 g/mol. The van der Waals surface area contributed by atoms with Crippen molar-refractivity contribution in [3.63, 3.8) is 0 Å². The lowest BCUT2D eigenvalue weighted by atomic mass is 10.2. The molecule has 2 N–H and O–H groups in total. The lowest BCUT2D eigenvalue weighted by Crippen LogP contribution is -2.37. The Morgan fingerprint density at radius 2 is 2.37 bits per heavy atom. The summed E-state index contributed by atoms with van der Waals surface area (Å²) >= 11 is 13.8. The summed E-state index contributed by atoms with van der Waals surface area (Å²) < 4.78 is 36.2. The number of ether oxygens (including phenoxy) is 1. The van der Waals surface area contributed by atoms with Crippen LogP contribution in [0.2, 0.25) is 5.15 Å². The number of thiazole rings is 1. The van der Waals surface area contributed by atoms with Gasteiger partial charge in [0.25, 0.3) is 10.0 Å². The molecule has 0 spiro atoms. The van der Waals surface area contributed by atoms with E-state index in [4.69, 9.17) is 28.6 Å². The third-order valence-corrected chi connectivity index (χ3v) is 8.52. The number of rotatable bonds is 8. The van der Waals surface area contributed by atoms with Crippen LogP contribution in [0.1, 0.15) is 17.7 Å². The van der Waals surface area contributed by atoms with Gasteiger partial charge in [-0.2, -0.15) is 13.5 Å². The fraction of sp³-hybridized carbons (Fsp3) is 0.353. The first kappa shape index (κ1) is 23.1. The summed E-state index contributed by atoms with van der Waals surface area (Å²) in [6.45, 7) is 5.38. The molecule has 0 unspecified atom stereocenters. The largest absolute Gasteiger partial charge is 0.376 e. The van der Waals surface area contributed by atoms with E-state index in [0.717, 1.165) is 42.1 Å². The maximum atomic E-state index is 12.5. The van der Waals surface area contributed by atoms with Gasteiger partial charge in [-0.1, -0.05) is 35.1 Å². The van der Waals surface area contributed by atoms with E-state index < -0.39 is 10.0 Å². The molecular formula is C17H20ClN5O3S4. The Bertz CT molecular complexity index is 1080. The average Bonchev–Trinajstić information content (AvgIpc) is 3.46. The van der Waals surface area contributed by atoms with Gasteiger partial charge in [-0.15, -0.1) is 22.3 Å². The highest BCUT2D eigenvalue weighted by Crippen LogP contribution is 2.20. The summed E-state index contributed by atoms with van der Waals surface area (Å²) in [7, 11) is -3.83. The summed E-state index contributed by atoms with van der Waals surface area (Å²) in [4.78, 5) is 0.766. The van der Waals surface area contributed by atoms with Gasteiger partial charge in [-0.25, -0.2) is 0 Å². The third kappa shape index (κ3) is 5.99. The number of thiophene rings is 1. The SMILES string of the molecule is C=CCn1c(Cl)c(/C=N\NC(=S)NC[C@H]2CCCO2)sc1=NS(=O)(=O)c1cccs1. The first-order valence-electron chi connectivity index (χ1n) is 8.94. The van der Waals surface area contributed by atoms with Crippen LogP contribution < -0.4 is 15.5 Å². The van der Waals surface area contributed by atoms with Gasteiger partial charge in [0.15, 0.2) is 5.11 Å². The summed E-state index contributed by atoms with van der Waals surface area (Å²) in [5.74, 6) is 0. The number of hydrogen-bond donors (Lipinski definition) is 2. The van der Waals surface area contributed by atoms with E-state index in [-0.39, 0.29) is 15.1 Å². The van der Waals surface area contributed by atoms with E-state index in [1.165, 1.54) is 12.3 Å². The van der Waals surface area contributed by atoms with E-state index in [1.54, 1.807) is 22.1 Å². The molecule has 30 heavy (non-hydrogen) atoms. The summed E-state index contributed by atoms with van der Waals surface area (Å²) in [5.41, 5.74) is 2.72. The monoisotopic (exact) mass is 505 g/mol. The summed E-state index contributed by atoms with van der Waals surface area (Å²) in [5, 5.41) is 9.48. The molecule has 0 saturated carbocycles. The molecule has 3 heterocycles. The molecule has 1 fully saturated rings. The molecule has 1 aliphatic heterocycles. The Hall–Kier alpha value is -1.57. The first-order valence-corrected chi connectivity index (χ1v) is 12.9. The molecule has 2 aromatic heterocycles. The topological polar surface area (TPSA) is 97.1 Å². The molecule has 2 aromatic rings. The molecule has 1 saturated heterocycles. The smallest absolute Gasteiger partial charge is 0.294 e. The zero-order valence-corrected chi connectivity index (χ0v) is 19.8. The number of thiocarbonyl (C=S) groups is 1. The summed E-state index contributed by atoms with van der Waals surface area (Å²) in [6.07, 6.45) is 5.31. The second kappa shape index (κ2) is 10.6. The Morgan fingerprint density at radius 3 is 3.03 bits per heavy atom. The predicted molar refractivity (Wildman–Crippen MR) is 125 cm³/mol. The molecule has 0 aliphatic carbocycles. The molecule has 1 aliphatic rings. The van der Waals surface area contributed by atoms with Crippen molar-refractivity contribution >= 4 is 67.8 Å². The number of halogens is 1. The standard InChI is InChI=1S/C17H20ClN5O3S4/c1-2-7-23-15(18)13(11-20-21-16(27)19-10-12-5-3-8-26-12)29-17(23)22-30(24,25)14-6-4-9-28-14/h2,4,6,9,11-12H,1,3,5,7-8,10H2,(H2,19,21,27)/b20-11-,22-17?/t12-/m1/s1. The molecule has 0 radical (unpaired) electrons. The number of sulfonamides is 1. The van der Waals surface area contributed by atoms with Crippen molar-refractivity contribution in [3.05, 3.63) is 45.0 Å². The maximum absolute atomic E-state index is 12.5.